The highest BCUT2D eigenvalue weighted by molar-refractivity contribution is 6.30. The van der Waals surface area contributed by atoms with Crippen LogP contribution in [0.1, 0.15) is 67.2 Å². The molecule has 0 aromatic carbocycles. The number of nitrogens with one attached hydrogen (secondary N) is 1. The van der Waals surface area contributed by atoms with Crippen molar-refractivity contribution in [2.24, 2.45) is 0 Å². The summed E-state index contributed by atoms with van der Waals surface area (Å²) < 4.78 is 5.36. The summed E-state index contributed by atoms with van der Waals surface area (Å²) >= 11 is 6.34. The molecule has 0 amide bonds. The Hall–Kier alpha value is -1.33. The highest BCUT2D eigenvalue weighted by atomic mass is 35.5. The van der Waals surface area contributed by atoms with Crippen LogP contribution in [0, 0.1) is 13.8 Å². The molecule has 0 saturated carbocycles. The number of nitrogens with zero attached hydrogens (tertiary/aromatic N) is 3. The molecule has 23 heavy (non-hydrogen) atoms. The van der Waals surface area contributed by atoms with Crippen LogP contribution in [0.5, 0.6) is 0 Å². The maximum absolute atomic E-state index is 6.34. The van der Waals surface area contributed by atoms with Gasteiger partial charge in [-0.2, -0.15) is 0 Å². The second-order valence-electron chi connectivity index (χ2n) is 6.42. The molecule has 0 bridgehead atoms. The molecule has 1 atom stereocenters. The first-order valence-electron chi connectivity index (χ1n) is 8.50. The van der Waals surface area contributed by atoms with Crippen molar-refractivity contribution in [2.75, 3.05) is 6.54 Å². The highest BCUT2D eigenvalue weighted by Crippen LogP contribution is 2.36. The predicted octanol–water partition coefficient (Wildman–Crippen LogP) is 4.35. The summed E-state index contributed by atoms with van der Waals surface area (Å²) in [5, 5.41) is 4.72. The molecule has 3 heterocycles. The molecule has 1 aliphatic rings. The van der Waals surface area contributed by atoms with Crippen molar-refractivity contribution in [1.29, 1.82) is 0 Å². The number of likely N-dealkylation sites (tertiary alicyclic amines) is 1. The zero-order chi connectivity index (χ0) is 16.4. The van der Waals surface area contributed by atoms with Crippen molar-refractivity contribution in [3.63, 3.8) is 0 Å². The van der Waals surface area contributed by atoms with E-state index in [1.807, 2.05) is 13.8 Å². The first-order chi connectivity index (χ1) is 11.1. The van der Waals surface area contributed by atoms with Crippen LogP contribution >= 0.6 is 11.6 Å². The number of hydrogen-bond acceptors (Lipinski definition) is 4. The quantitative estimate of drug-likeness (QED) is 0.852. The van der Waals surface area contributed by atoms with Crippen LogP contribution in [-0.4, -0.2) is 26.6 Å². The van der Waals surface area contributed by atoms with Gasteiger partial charge < -0.3 is 9.51 Å². The van der Waals surface area contributed by atoms with E-state index in [-0.39, 0.29) is 0 Å². The standard InChI is InChI=1S/C17H25ClN4O/c1-4-5-8-15-19-13(17(18)20-15)10-22-9-6-7-14(22)16-11(2)21-23-12(16)3/h14H,4-10H2,1-3H3,(H,19,20). The van der Waals surface area contributed by atoms with Gasteiger partial charge in [-0.1, -0.05) is 30.1 Å². The molecule has 1 saturated heterocycles. The van der Waals surface area contributed by atoms with Gasteiger partial charge in [-0.05, 0) is 39.7 Å². The molecule has 0 spiro atoms. The Balaban J connectivity index is 1.75. The number of aromatic amines is 1. The van der Waals surface area contributed by atoms with E-state index in [1.54, 1.807) is 0 Å². The summed E-state index contributed by atoms with van der Waals surface area (Å²) in [7, 11) is 0. The molecule has 2 aromatic heterocycles. The molecule has 1 fully saturated rings. The molecule has 0 aliphatic carbocycles. The van der Waals surface area contributed by atoms with Crippen molar-refractivity contribution in [3.8, 4) is 0 Å². The number of hydrogen-bond donors (Lipinski definition) is 1. The van der Waals surface area contributed by atoms with E-state index in [0.29, 0.717) is 11.2 Å². The lowest BCUT2D eigenvalue weighted by atomic mass is 10.0. The molecule has 1 aliphatic heterocycles. The first-order valence-corrected chi connectivity index (χ1v) is 8.88. The topological polar surface area (TPSA) is 58.0 Å². The van der Waals surface area contributed by atoms with Crippen molar-refractivity contribution >= 4 is 11.6 Å². The predicted molar refractivity (Wildman–Crippen MR) is 90.6 cm³/mol. The summed E-state index contributed by atoms with van der Waals surface area (Å²) in [6.07, 6.45) is 5.58. The van der Waals surface area contributed by atoms with Gasteiger partial charge in [0.25, 0.3) is 0 Å². The third kappa shape index (κ3) is 3.45. The van der Waals surface area contributed by atoms with E-state index in [0.717, 1.165) is 61.7 Å². The van der Waals surface area contributed by atoms with Gasteiger partial charge in [0.05, 0.1) is 11.4 Å². The average molecular weight is 337 g/mol. The molecular weight excluding hydrogens is 312 g/mol. The van der Waals surface area contributed by atoms with Crippen LogP contribution in [-0.2, 0) is 13.0 Å². The fourth-order valence-electron chi connectivity index (χ4n) is 3.52. The van der Waals surface area contributed by atoms with Gasteiger partial charge in [-0.15, -0.1) is 0 Å². The minimum absolute atomic E-state index is 0.361. The second-order valence-corrected chi connectivity index (χ2v) is 6.78. The largest absolute Gasteiger partial charge is 0.361 e. The molecule has 1 N–H and O–H groups in total. The van der Waals surface area contributed by atoms with Crippen LogP contribution in [0.3, 0.4) is 0 Å². The maximum Gasteiger partial charge on any atom is 0.151 e. The molecule has 3 rings (SSSR count). The molecule has 2 aromatic rings. The molecule has 0 radical (unpaired) electrons. The van der Waals surface area contributed by atoms with Crippen LogP contribution < -0.4 is 0 Å². The Kier molecular flexibility index (Phi) is 5.07. The minimum atomic E-state index is 0.361. The number of halogens is 1. The van der Waals surface area contributed by atoms with Gasteiger partial charge in [-0.25, -0.2) is 4.98 Å². The summed E-state index contributed by atoms with van der Waals surface area (Å²) in [6.45, 7) is 8.07. The second kappa shape index (κ2) is 7.05. The van der Waals surface area contributed by atoms with E-state index >= 15 is 0 Å². The number of imidazole rings is 1. The van der Waals surface area contributed by atoms with Crippen LogP contribution in [0.15, 0.2) is 4.52 Å². The molecule has 6 heteroatoms. The van der Waals surface area contributed by atoms with Crippen LogP contribution in [0.2, 0.25) is 5.15 Å². The summed E-state index contributed by atoms with van der Waals surface area (Å²) in [5.74, 6) is 1.93. The van der Waals surface area contributed by atoms with Crippen LogP contribution in [0.4, 0.5) is 0 Å². The SMILES string of the molecule is CCCCc1nc(Cl)c(CN2CCCC2c2c(C)noc2C)[nH]1. The summed E-state index contributed by atoms with van der Waals surface area (Å²) in [6, 6.07) is 0.361. The first kappa shape index (κ1) is 16.5. The molecule has 126 valence electrons. The van der Waals surface area contributed by atoms with Gasteiger partial charge in [0.1, 0.15) is 11.6 Å². The number of aryl methyl sites for hydroxylation is 3. The van der Waals surface area contributed by atoms with Crippen molar-refractivity contribution < 1.29 is 4.52 Å². The third-order valence-corrected chi connectivity index (χ3v) is 5.00. The van der Waals surface area contributed by atoms with E-state index in [1.165, 1.54) is 12.0 Å². The smallest absolute Gasteiger partial charge is 0.151 e. The van der Waals surface area contributed by atoms with E-state index in [9.17, 15) is 0 Å². The number of aromatic nitrogens is 3. The maximum atomic E-state index is 6.34. The lowest BCUT2D eigenvalue weighted by Crippen LogP contribution is -2.23. The van der Waals surface area contributed by atoms with E-state index < -0.39 is 0 Å². The number of H-pyrrole nitrogens is 1. The van der Waals surface area contributed by atoms with Gasteiger partial charge in [0.15, 0.2) is 5.15 Å². The van der Waals surface area contributed by atoms with Gasteiger partial charge in [0, 0.05) is 24.6 Å². The molecular formula is C17H25ClN4O. The van der Waals surface area contributed by atoms with Gasteiger partial charge in [0.2, 0.25) is 0 Å². The molecule has 1 unspecified atom stereocenters. The number of unbranched alkanes of at least 4 members (excludes halogenated alkanes) is 1. The summed E-state index contributed by atoms with van der Waals surface area (Å²) in [5.41, 5.74) is 3.26. The summed E-state index contributed by atoms with van der Waals surface area (Å²) in [4.78, 5) is 10.3. The highest BCUT2D eigenvalue weighted by Gasteiger charge is 2.31. The van der Waals surface area contributed by atoms with Crippen molar-refractivity contribution in [2.45, 2.75) is 65.5 Å². The third-order valence-electron chi connectivity index (χ3n) is 4.69. The lowest BCUT2D eigenvalue weighted by molar-refractivity contribution is 0.243. The zero-order valence-electron chi connectivity index (χ0n) is 14.2. The molecule has 5 nitrogen and oxygen atoms in total. The Morgan fingerprint density at radius 2 is 2.22 bits per heavy atom. The zero-order valence-corrected chi connectivity index (χ0v) is 14.9. The fraction of sp³-hybridized carbons (Fsp3) is 0.647. The van der Waals surface area contributed by atoms with Crippen molar-refractivity contribution in [1.82, 2.24) is 20.0 Å². The van der Waals surface area contributed by atoms with Crippen LogP contribution in [0.25, 0.3) is 0 Å². The Morgan fingerprint density at radius 3 is 2.91 bits per heavy atom. The Labute approximate surface area is 142 Å². The van der Waals surface area contributed by atoms with Gasteiger partial charge in [-0.3, -0.25) is 4.90 Å². The fourth-order valence-corrected chi connectivity index (χ4v) is 3.73. The van der Waals surface area contributed by atoms with Crippen molar-refractivity contribution in [3.05, 3.63) is 33.7 Å². The van der Waals surface area contributed by atoms with Gasteiger partial charge >= 0.3 is 0 Å². The van der Waals surface area contributed by atoms with E-state index in [2.05, 4.69) is 26.9 Å². The normalized spacial score (nSPS) is 18.9. The average Bonchev–Trinajstić information content (AvgIpc) is 3.19. The lowest BCUT2D eigenvalue weighted by Gasteiger charge is -2.23. The Bertz CT molecular complexity index is 644. The Morgan fingerprint density at radius 1 is 1.39 bits per heavy atom. The minimum Gasteiger partial charge on any atom is -0.361 e. The number of rotatable bonds is 6. The monoisotopic (exact) mass is 336 g/mol. The van der Waals surface area contributed by atoms with E-state index in [4.69, 9.17) is 16.1 Å².